The van der Waals surface area contributed by atoms with Crippen molar-refractivity contribution in [3.63, 3.8) is 0 Å². The van der Waals surface area contributed by atoms with E-state index in [1.807, 2.05) is 31.2 Å². The molecule has 1 aliphatic rings. The highest BCUT2D eigenvalue weighted by atomic mass is 79.9. The van der Waals surface area contributed by atoms with Crippen LogP contribution in [0.1, 0.15) is 5.56 Å². The van der Waals surface area contributed by atoms with E-state index in [4.69, 9.17) is 4.74 Å². The van der Waals surface area contributed by atoms with Crippen molar-refractivity contribution in [2.75, 3.05) is 0 Å². The van der Waals surface area contributed by atoms with Crippen LogP contribution in [0.4, 0.5) is 0 Å². The standard InChI is InChI=1S/C11H8Br2O2S/c1-6-2-4-7(5-3-6)16-11-9(13)8(12)10(14)15-11/h2-5,11H,1H3. The molecule has 1 unspecified atom stereocenters. The van der Waals surface area contributed by atoms with E-state index >= 15 is 0 Å². The lowest BCUT2D eigenvalue weighted by molar-refractivity contribution is -0.136. The van der Waals surface area contributed by atoms with E-state index in [0.717, 1.165) is 9.38 Å². The minimum Gasteiger partial charge on any atom is -0.441 e. The first-order chi connectivity index (χ1) is 7.58. The molecular formula is C11H8Br2O2S. The average Bonchev–Trinajstić information content (AvgIpc) is 2.50. The average molecular weight is 364 g/mol. The maximum atomic E-state index is 11.3. The predicted molar refractivity (Wildman–Crippen MR) is 71.8 cm³/mol. The highest BCUT2D eigenvalue weighted by Gasteiger charge is 2.31. The van der Waals surface area contributed by atoms with E-state index in [-0.39, 0.29) is 11.4 Å². The van der Waals surface area contributed by atoms with Gasteiger partial charge in [0.15, 0.2) is 5.44 Å². The number of rotatable bonds is 2. The smallest absolute Gasteiger partial charge is 0.347 e. The molecule has 0 bridgehead atoms. The number of benzene rings is 1. The molecule has 1 aliphatic heterocycles. The molecule has 2 nitrogen and oxygen atoms in total. The molecule has 0 aromatic heterocycles. The lowest BCUT2D eigenvalue weighted by Crippen LogP contribution is -2.04. The fourth-order valence-electron chi connectivity index (χ4n) is 1.22. The van der Waals surface area contributed by atoms with E-state index in [1.165, 1.54) is 17.3 Å². The minimum absolute atomic E-state index is 0.287. The quantitative estimate of drug-likeness (QED) is 0.743. The molecule has 0 amide bonds. The number of hydrogen-bond donors (Lipinski definition) is 0. The molecule has 0 saturated heterocycles. The third-order valence-corrected chi connectivity index (χ3v) is 5.56. The van der Waals surface area contributed by atoms with Gasteiger partial charge in [-0.3, -0.25) is 0 Å². The maximum absolute atomic E-state index is 11.3. The third-order valence-electron chi connectivity index (χ3n) is 2.07. The summed E-state index contributed by atoms with van der Waals surface area (Å²) in [5, 5.41) is 0. The van der Waals surface area contributed by atoms with Gasteiger partial charge >= 0.3 is 5.97 Å². The first-order valence-electron chi connectivity index (χ1n) is 4.57. The Kier molecular flexibility index (Phi) is 3.77. The number of thioether (sulfide) groups is 1. The van der Waals surface area contributed by atoms with E-state index in [2.05, 4.69) is 31.9 Å². The molecule has 84 valence electrons. The van der Waals surface area contributed by atoms with Crippen molar-refractivity contribution in [1.82, 2.24) is 0 Å². The van der Waals surface area contributed by atoms with Gasteiger partial charge in [-0.25, -0.2) is 4.79 Å². The van der Waals surface area contributed by atoms with Crippen LogP contribution in [0.15, 0.2) is 38.1 Å². The zero-order chi connectivity index (χ0) is 11.7. The van der Waals surface area contributed by atoms with Crippen LogP contribution >= 0.6 is 43.6 Å². The van der Waals surface area contributed by atoms with Gasteiger partial charge in [0.2, 0.25) is 0 Å². The van der Waals surface area contributed by atoms with Crippen molar-refractivity contribution in [1.29, 1.82) is 0 Å². The summed E-state index contributed by atoms with van der Waals surface area (Å²) in [5.41, 5.74) is 0.924. The zero-order valence-electron chi connectivity index (χ0n) is 8.37. The van der Waals surface area contributed by atoms with Crippen molar-refractivity contribution in [3.8, 4) is 0 Å². The second kappa shape index (κ2) is 4.94. The highest BCUT2D eigenvalue weighted by Crippen LogP contribution is 2.40. The van der Waals surface area contributed by atoms with E-state index in [1.54, 1.807) is 0 Å². The molecule has 1 aromatic carbocycles. The summed E-state index contributed by atoms with van der Waals surface area (Å²) in [7, 11) is 0. The number of carbonyl (C=O) groups excluding carboxylic acids is 1. The van der Waals surface area contributed by atoms with Crippen LogP contribution in [0.25, 0.3) is 0 Å². The Bertz CT molecular complexity index is 454. The van der Waals surface area contributed by atoms with Crippen LogP contribution in [0, 0.1) is 6.92 Å². The number of ether oxygens (including phenoxy) is 1. The molecule has 0 spiro atoms. The molecule has 0 saturated carbocycles. The molecular weight excluding hydrogens is 356 g/mol. The topological polar surface area (TPSA) is 26.3 Å². The maximum Gasteiger partial charge on any atom is 0.347 e. The van der Waals surface area contributed by atoms with Crippen LogP contribution in [0.2, 0.25) is 0 Å². The Labute approximate surface area is 115 Å². The van der Waals surface area contributed by atoms with Crippen LogP contribution in [-0.4, -0.2) is 11.4 Å². The van der Waals surface area contributed by atoms with Crippen molar-refractivity contribution >= 4 is 49.6 Å². The molecule has 16 heavy (non-hydrogen) atoms. The molecule has 0 radical (unpaired) electrons. The third kappa shape index (κ3) is 2.52. The number of cyclic esters (lactones) is 1. The van der Waals surface area contributed by atoms with Gasteiger partial charge in [-0.1, -0.05) is 29.5 Å². The predicted octanol–water partition coefficient (Wildman–Crippen LogP) is 3.97. The molecule has 1 aromatic rings. The van der Waals surface area contributed by atoms with Crippen molar-refractivity contribution in [2.45, 2.75) is 17.3 Å². The van der Waals surface area contributed by atoms with Crippen molar-refractivity contribution < 1.29 is 9.53 Å². The molecule has 2 rings (SSSR count). The number of halogens is 2. The highest BCUT2D eigenvalue weighted by molar-refractivity contribution is 9.14. The summed E-state index contributed by atoms with van der Waals surface area (Å²) < 4.78 is 6.40. The summed E-state index contributed by atoms with van der Waals surface area (Å²) in [6, 6.07) is 8.10. The fraction of sp³-hybridized carbons (Fsp3) is 0.182. The normalized spacial score (nSPS) is 20.2. The van der Waals surface area contributed by atoms with Gasteiger partial charge < -0.3 is 4.74 Å². The van der Waals surface area contributed by atoms with Gasteiger partial charge in [-0.15, -0.1) is 0 Å². The molecule has 0 fully saturated rings. The zero-order valence-corrected chi connectivity index (χ0v) is 12.4. The van der Waals surface area contributed by atoms with Crippen LogP contribution in [0.5, 0.6) is 0 Å². The van der Waals surface area contributed by atoms with Gasteiger partial charge in [0, 0.05) is 4.90 Å². The van der Waals surface area contributed by atoms with Crippen molar-refractivity contribution in [3.05, 3.63) is 38.8 Å². The lowest BCUT2D eigenvalue weighted by Gasteiger charge is -2.09. The van der Waals surface area contributed by atoms with Gasteiger partial charge in [0.25, 0.3) is 0 Å². The second-order valence-electron chi connectivity index (χ2n) is 3.33. The Morgan fingerprint density at radius 3 is 2.38 bits per heavy atom. The largest absolute Gasteiger partial charge is 0.441 e. The molecule has 1 atom stereocenters. The van der Waals surface area contributed by atoms with Gasteiger partial charge in [-0.2, -0.15) is 0 Å². The summed E-state index contributed by atoms with van der Waals surface area (Å²) in [5.74, 6) is -0.323. The first-order valence-corrected chi connectivity index (χ1v) is 7.04. The van der Waals surface area contributed by atoms with Crippen LogP contribution < -0.4 is 0 Å². The summed E-state index contributed by atoms with van der Waals surface area (Å²) in [4.78, 5) is 12.3. The number of carbonyl (C=O) groups is 1. The fourth-order valence-corrected chi connectivity index (χ4v) is 3.10. The number of esters is 1. The van der Waals surface area contributed by atoms with E-state index in [9.17, 15) is 4.79 Å². The molecule has 5 heteroatoms. The summed E-state index contributed by atoms with van der Waals surface area (Å²) in [6.07, 6.45) is 0. The Hall–Kier alpha value is -0.260. The second-order valence-corrected chi connectivity index (χ2v) is 6.11. The number of aryl methyl sites for hydroxylation is 1. The minimum atomic E-state index is -0.323. The monoisotopic (exact) mass is 362 g/mol. The van der Waals surface area contributed by atoms with E-state index < -0.39 is 0 Å². The Balaban J connectivity index is 2.12. The van der Waals surface area contributed by atoms with Gasteiger partial charge in [-0.05, 0) is 50.9 Å². The Morgan fingerprint density at radius 2 is 1.88 bits per heavy atom. The molecule has 1 heterocycles. The Morgan fingerprint density at radius 1 is 1.25 bits per heavy atom. The number of hydrogen-bond acceptors (Lipinski definition) is 3. The molecule has 0 N–H and O–H groups in total. The van der Waals surface area contributed by atoms with Gasteiger partial charge in [0.05, 0.1) is 4.48 Å². The van der Waals surface area contributed by atoms with E-state index in [0.29, 0.717) is 4.48 Å². The van der Waals surface area contributed by atoms with Crippen LogP contribution in [-0.2, 0) is 9.53 Å². The van der Waals surface area contributed by atoms with Gasteiger partial charge in [0.1, 0.15) is 4.48 Å². The summed E-state index contributed by atoms with van der Waals surface area (Å²) in [6.45, 7) is 2.04. The first kappa shape index (κ1) is 12.2. The van der Waals surface area contributed by atoms with Crippen molar-refractivity contribution in [2.24, 2.45) is 0 Å². The summed E-state index contributed by atoms with van der Waals surface area (Å²) >= 11 is 8.03. The SMILES string of the molecule is Cc1ccc(SC2OC(=O)C(Br)=C2Br)cc1. The lowest BCUT2D eigenvalue weighted by atomic mass is 10.2. The molecule has 0 aliphatic carbocycles. The van der Waals surface area contributed by atoms with Crippen LogP contribution in [0.3, 0.4) is 0 Å².